The molecule has 0 aromatic heterocycles. The Morgan fingerprint density at radius 2 is 1.90 bits per heavy atom. The van der Waals surface area contributed by atoms with Gasteiger partial charge in [-0.25, -0.2) is 4.79 Å². The number of rotatable bonds is 14. The second kappa shape index (κ2) is 14.7. The summed E-state index contributed by atoms with van der Waals surface area (Å²) in [4.78, 5) is 23.5. The average molecular weight is 578 g/mol. The molecule has 2 aromatic rings. The van der Waals surface area contributed by atoms with E-state index in [2.05, 4.69) is 27.8 Å². The molecule has 9 heteroatoms. The first kappa shape index (κ1) is 31.5. The van der Waals surface area contributed by atoms with E-state index in [1.807, 2.05) is 56.3 Å². The SMILES string of the molecule is CC1(C)OCc2cc([C@H](O)CNCCCCCCOCCC#Cc3cccc(C[C@@]4(C)NC(=O)NC4=O)c3)ccc2O1. The maximum Gasteiger partial charge on any atom is 0.322 e. The lowest BCUT2D eigenvalue weighted by Crippen LogP contribution is -2.45. The summed E-state index contributed by atoms with van der Waals surface area (Å²) in [5.74, 6) is 6.18. The molecular formula is C33H43N3O6. The number of fused-ring (bicyclic) bond motifs is 1. The Bertz CT molecular complexity index is 1300. The molecule has 0 radical (unpaired) electrons. The van der Waals surface area contributed by atoms with Crippen molar-refractivity contribution < 1.29 is 28.9 Å². The highest BCUT2D eigenvalue weighted by Crippen LogP contribution is 2.32. The zero-order valence-electron chi connectivity index (χ0n) is 24.9. The van der Waals surface area contributed by atoms with E-state index in [9.17, 15) is 14.7 Å². The third kappa shape index (κ3) is 9.30. The summed E-state index contributed by atoms with van der Waals surface area (Å²) in [6, 6.07) is 13.1. The molecule has 9 nitrogen and oxygen atoms in total. The van der Waals surface area contributed by atoms with Gasteiger partial charge in [0.05, 0.1) is 19.3 Å². The van der Waals surface area contributed by atoms with Crippen LogP contribution in [-0.4, -0.2) is 54.7 Å². The first-order valence-corrected chi connectivity index (χ1v) is 14.8. The van der Waals surface area contributed by atoms with Gasteiger partial charge in [0.2, 0.25) is 5.79 Å². The van der Waals surface area contributed by atoms with Crippen LogP contribution >= 0.6 is 0 Å². The molecule has 0 unspecified atom stereocenters. The monoisotopic (exact) mass is 577 g/mol. The second-order valence-electron chi connectivity index (χ2n) is 11.6. The van der Waals surface area contributed by atoms with Crippen molar-refractivity contribution in [3.05, 3.63) is 64.7 Å². The minimum Gasteiger partial charge on any atom is -0.463 e. The van der Waals surface area contributed by atoms with Crippen molar-refractivity contribution >= 4 is 11.9 Å². The summed E-state index contributed by atoms with van der Waals surface area (Å²) in [5.41, 5.74) is 2.70. The number of nitrogens with one attached hydrogen (secondary N) is 3. The maximum absolute atomic E-state index is 12.1. The maximum atomic E-state index is 12.1. The van der Waals surface area contributed by atoms with Crippen LogP contribution < -0.4 is 20.7 Å². The minimum atomic E-state index is -0.941. The average Bonchev–Trinajstić information content (AvgIpc) is 3.20. The van der Waals surface area contributed by atoms with Crippen LogP contribution in [0, 0.1) is 11.8 Å². The predicted molar refractivity (Wildman–Crippen MR) is 160 cm³/mol. The van der Waals surface area contributed by atoms with Gasteiger partial charge in [-0.3, -0.25) is 10.1 Å². The lowest BCUT2D eigenvalue weighted by atomic mass is 9.92. The van der Waals surface area contributed by atoms with Crippen LogP contribution in [0.5, 0.6) is 5.75 Å². The molecule has 2 aliphatic heterocycles. The molecule has 0 aliphatic carbocycles. The highest BCUT2D eigenvalue weighted by molar-refractivity contribution is 6.06. The Morgan fingerprint density at radius 3 is 2.71 bits per heavy atom. The Hall–Kier alpha value is -3.42. The topological polar surface area (TPSA) is 118 Å². The molecule has 0 spiro atoms. The highest BCUT2D eigenvalue weighted by atomic mass is 16.7. The number of aliphatic hydroxyl groups is 1. The normalized spacial score (nSPS) is 19.6. The molecule has 3 amide bonds. The standard InChI is InChI=1S/C33H43N3O6/c1-32(2)41-23-27-20-26(14-15-29(27)42-32)28(37)22-34-16-7-4-5-8-17-40-18-9-6-11-24-12-10-13-25(19-24)21-33(3)30(38)35-31(39)36-33/h10,12-15,19-20,28,34,37H,4-5,7-9,16-18,21-23H2,1-3H3,(H2,35,36,38,39)/t28-,33-/m1/s1. The van der Waals surface area contributed by atoms with Gasteiger partial charge in [-0.15, -0.1) is 0 Å². The third-order valence-electron chi connectivity index (χ3n) is 7.34. The third-order valence-corrected chi connectivity index (χ3v) is 7.34. The van der Waals surface area contributed by atoms with E-state index in [1.54, 1.807) is 6.92 Å². The molecule has 4 rings (SSSR count). The molecule has 226 valence electrons. The van der Waals surface area contributed by atoms with E-state index in [-0.39, 0.29) is 5.91 Å². The predicted octanol–water partition coefficient (Wildman–Crippen LogP) is 4.11. The van der Waals surface area contributed by atoms with Crippen LogP contribution in [0.4, 0.5) is 4.79 Å². The van der Waals surface area contributed by atoms with Crippen LogP contribution in [0.25, 0.3) is 0 Å². The molecule has 2 aliphatic rings. The lowest BCUT2D eigenvalue weighted by Gasteiger charge is -2.33. The van der Waals surface area contributed by atoms with Gasteiger partial charge in [-0.2, -0.15) is 0 Å². The number of carbonyl (C=O) groups excluding carboxylic acids is 2. The van der Waals surface area contributed by atoms with E-state index in [0.29, 0.717) is 32.6 Å². The number of hydrogen-bond acceptors (Lipinski definition) is 7. The van der Waals surface area contributed by atoms with E-state index in [1.165, 1.54) is 0 Å². The molecule has 2 heterocycles. The molecule has 2 atom stereocenters. The molecule has 0 saturated carbocycles. The van der Waals surface area contributed by atoms with E-state index < -0.39 is 23.5 Å². The van der Waals surface area contributed by atoms with Crippen LogP contribution in [0.2, 0.25) is 0 Å². The first-order chi connectivity index (χ1) is 20.1. The number of aliphatic hydroxyl groups excluding tert-OH is 1. The van der Waals surface area contributed by atoms with Gasteiger partial charge >= 0.3 is 6.03 Å². The number of carbonyl (C=O) groups is 2. The van der Waals surface area contributed by atoms with Crippen molar-refractivity contribution in [3.63, 3.8) is 0 Å². The molecule has 1 saturated heterocycles. The van der Waals surface area contributed by atoms with Crippen LogP contribution in [0.3, 0.4) is 0 Å². The van der Waals surface area contributed by atoms with Crippen molar-refractivity contribution in [3.8, 4) is 17.6 Å². The largest absolute Gasteiger partial charge is 0.463 e. The summed E-state index contributed by atoms with van der Waals surface area (Å²) in [6.07, 6.45) is 4.75. The number of urea groups is 1. The zero-order valence-corrected chi connectivity index (χ0v) is 24.9. The van der Waals surface area contributed by atoms with Crippen molar-refractivity contribution in [1.29, 1.82) is 0 Å². The van der Waals surface area contributed by atoms with Crippen molar-refractivity contribution in [2.45, 2.75) is 83.3 Å². The number of unbranched alkanes of at least 4 members (excludes halogenated alkanes) is 3. The molecular weight excluding hydrogens is 534 g/mol. The number of amides is 3. The fraction of sp³-hybridized carbons (Fsp3) is 0.515. The number of hydrogen-bond donors (Lipinski definition) is 4. The molecule has 1 fully saturated rings. The van der Waals surface area contributed by atoms with Gasteiger partial charge in [0.15, 0.2) is 0 Å². The van der Waals surface area contributed by atoms with E-state index >= 15 is 0 Å². The Labute approximate surface area is 248 Å². The lowest BCUT2D eigenvalue weighted by molar-refractivity contribution is -0.180. The quantitative estimate of drug-likeness (QED) is 0.152. The Balaban J connectivity index is 1.01. The van der Waals surface area contributed by atoms with Crippen molar-refractivity contribution in [1.82, 2.24) is 16.0 Å². The summed E-state index contributed by atoms with van der Waals surface area (Å²) >= 11 is 0. The number of ether oxygens (including phenoxy) is 3. The molecule has 4 N–H and O–H groups in total. The summed E-state index contributed by atoms with van der Waals surface area (Å²) in [6.45, 7) is 8.67. The van der Waals surface area contributed by atoms with Gasteiger partial charge < -0.3 is 30.0 Å². The van der Waals surface area contributed by atoms with Crippen LogP contribution in [0.1, 0.15) is 81.2 Å². The summed E-state index contributed by atoms with van der Waals surface area (Å²) in [7, 11) is 0. The van der Waals surface area contributed by atoms with E-state index in [4.69, 9.17) is 14.2 Å². The van der Waals surface area contributed by atoms with Crippen LogP contribution in [-0.2, 0) is 27.3 Å². The minimum absolute atomic E-state index is 0.313. The molecule has 0 bridgehead atoms. The van der Waals surface area contributed by atoms with Crippen LogP contribution in [0.15, 0.2) is 42.5 Å². The van der Waals surface area contributed by atoms with Gasteiger partial charge in [-0.1, -0.05) is 42.9 Å². The Kier molecular flexibility index (Phi) is 11.0. The first-order valence-electron chi connectivity index (χ1n) is 14.8. The number of benzene rings is 2. The summed E-state index contributed by atoms with van der Waals surface area (Å²) in [5, 5.41) is 18.9. The highest BCUT2D eigenvalue weighted by Gasteiger charge is 2.41. The van der Waals surface area contributed by atoms with Gasteiger partial charge in [0.1, 0.15) is 11.3 Å². The van der Waals surface area contributed by atoms with Crippen molar-refractivity contribution in [2.75, 3.05) is 26.3 Å². The fourth-order valence-corrected chi connectivity index (χ4v) is 4.99. The van der Waals surface area contributed by atoms with Gasteiger partial charge in [0.25, 0.3) is 5.91 Å². The second-order valence-corrected chi connectivity index (χ2v) is 11.6. The fourth-order valence-electron chi connectivity index (χ4n) is 4.99. The molecule has 42 heavy (non-hydrogen) atoms. The smallest absolute Gasteiger partial charge is 0.322 e. The molecule has 2 aromatic carbocycles. The number of imide groups is 1. The van der Waals surface area contributed by atoms with Gasteiger partial charge in [0, 0.05) is 51.0 Å². The van der Waals surface area contributed by atoms with E-state index in [0.717, 1.165) is 66.8 Å². The van der Waals surface area contributed by atoms with Crippen molar-refractivity contribution in [2.24, 2.45) is 0 Å². The summed E-state index contributed by atoms with van der Waals surface area (Å²) < 4.78 is 17.2. The zero-order chi connectivity index (χ0) is 30.0. The van der Waals surface area contributed by atoms with Gasteiger partial charge in [-0.05, 0) is 61.7 Å². The Morgan fingerprint density at radius 1 is 1.07 bits per heavy atom.